The molecule has 0 unspecified atom stereocenters. The van der Waals surface area contributed by atoms with Crippen molar-refractivity contribution in [3.05, 3.63) is 0 Å². The van der Waals surface area contributed by atoms with Gasteiger partial charge in [-0.1, -0.05) is 19.1 Å². The first-order chi connectivity index (χ1) is 3.31. The molecule has 0 saturated carbocycles. The van der Waals surface area contributed by atoms with E-state index in [1.165, 1.54) is 0 Å². The Balaban J connectivity index is 3.17. The molecule has 0 spiro atoms. The number of hydrogen-bond acceptors (Lipinski definition) is 2. The van der Waals surface area contributed by atoms with Gasteiger partial charge in [-0.25, -0.2) is 0 Å². The molecule has 0 amide bonds. The lowest BCUT2D eigenvalue weighted by molar-refractivity contribution is -0.117. The molecule has 0 heterocycles. The number of Topliss-reactive ketones (excluding diaryl/α,β-unsaturated/α-hetero) is 1. The van der Waals surface area contributed by atoms with Gasteiger partial charge in [0.2, 0.25) is 0 Å². The Hall–Kier alpha value is -0.240. The molecule has 2 heteroatoms. The van der Waals surface area contributed by atoms with Crippen LogP contribution in [0, 0.1) is 0 Å². The molecule has 0 fully saturated rings. The molecular weight excluding hydrogens is 108 g/mol. The standard InChI is InChI=1S/C5H7OS/c1-2-5(6)3-4-7/h2-3H2,1H3. The maximum atomic E-state index is 10.3. The maximum absolute atomic E-state index is 10.3. The van der Waals surface area contributed by atoms with Crippen molar-refractivity contribution in [3.63, 3.8) is 0 Å². The fourth-order valence-electron chi connectivity index (χ4n) is 0.205. The first-order valence-corrected chi connectivity index (χ1v) is 2.58. The minimum atomic E-state index is 0.162. The Labute approximate surface area is 48.7 Å². The maximum Gasteiger partial charge on any atom is 0.137 e. The first-order valence-electron chi connectivity index (χ1n) is 2.18. The summed E-state index contributed by atoms with van der Waals surface area (Å²) in [4.78, 5) is 10.3. The van der Waals surface area contributed by atoms with Gasteiger partial charge in [-0.3, -0.25) is 4.79 Å². The molecular formula is C5H7OS. The largest absolute Gasteiger partial charge is 0.299 e. The third-order valence-electron chi connectivity index (χ3n) is 0.664. The van der Waals surface area contributed by atoms with E-state index in [1.54, 1.807) is 0 Å². The highest BCUT2D eigenvalue weighted by molar-refractivity contribution is 7.79. The Morgan fingerprint density at radius 1 is 1.86 bits per heavy atom. The fourth-order valence-corrected chi connectivity index (χ4v) is 0.366. The number of hydrogen-bond donors (Lipinski definition) is 0. The fraction of sp³-hybridized carbons (Fsp3) is 0.600. The van der Waals surface area contributed by atoms with E-state index in [1.807, 2.05) is 6.92 Å². The summed E-state index contributed by atoms with van der Waals surface area (Å²) in [5, 5.41) is 2.35. The molecule has 0 saturated heterocycles. The molecule has 0 aliphatic heterocycles. The summed E-state index contributed by atoms with van der Waals surface area (Å²) in [7, 11) is 0. The van der Waals surface area contributed by atoms with E-state index >= 15 is 0 Å². The van der Waals surface area contributed by atoms with Crippen LogP contribution in [0.15, 0.2) is 0 Å². The average Bonchev–Trinajstić information content (AvgIpc) is 1.68. The van der Waals surface area contributed by atoms with Gasteiger partial charge >= 0.3 is 0 Å². The predicted molar refractivity (Wildman–Crippen MR) is 32.5 cm³/mol. The Morgan fingerprint density at radius 3 is 2.57 bits per heavy atom. The van der Waals surface area contributed by atoms with Gasteiger partial charge in [0.25, 0.3) is 0 Å². The molecule has 7 heavy (non-hydrogen) atoms. The second-order valence-electron chi connectivity index (χ2n) is 1.21. The number of ketones is 1. The minimum absolute atomic E-state index is 0.162. The van der Waals surface area contributed by atoms with Gasteiger partial charge < -0.3 is 0 Å². The SMILES string of the molecule is CCC(=O)C[C]=S. The molecule has 0 bridgehead atoms. The molecule has 0 aliphatic carbocycles. The molecule has 0 aliphatic rings. The summed E-state index contributed by atoms with van der Waals surface area (Å²) in [5.74, 6) is 0.162. The van der Waals surface area contributed by atoms with Crippen LogP contribution in [0.2, 0.25) is 0 Å². The quantitative estimate of drug-likeness (QED) is 0.515. The van der Waals surface area contributed by atoms with Crippen LogP contribution in [0.1, 0.15) is 19.8 Å². The lowest BCUT2D eigenvalue weighted by Crippen LogP contribution is -1.92. The zero-order chi connectivity index (χ0) is 5.70. The third-order valence-corrected chi connectivity index (χ3v) is 0.808. The summed E-state index contributed by atoms with van der Waals surface area (Å²) in [6.07, 6.45) is 0.898. The highest BCUT2D eigenvalue weighted by Crippen LogP contribution is 1.83. The molecule has 0 atom stereocenters. The summed E-state index contributed by atoms with van der Waals surface area (Å²) in [5.41, 5.74) is 0. The van der Waals surface area contributed by atoms with E-state index in [2.05, 4.69) is 17.6 Å². The van der Waals surface area contributed by atoms with Gasteiger partial charge in [0.1, 0.15) is 5.78 Å². The predicted octanol–water partition coefficient (Wildman–Crippen LogP) is 1.23. The van der Waals surface area contributed by atoms with Crippen molar-refractivity contribution < 1.29 is 4.79 Å². The third kappa shape index (κ3) is 3.59. The highest BCUT2D eigenvalue weighted by atomic mass is 32.1. The van der Waals surface area contributed by atoms with Crippen molar-refractivity contribution in [1.29, 1.82) is 0 Å². The van der Waals surface area contributed by atoms with Crippen LogP contribution >= 0.6 is 12.2 Å². The summed E-state index contributed by atoms with van der Waals surface area (Å²) in [6.45, 7) is 1.81. The molecule has 0 aromatic carbocycles. The zero-order valence-electron chi connectivity index (χ0n) is 4.23. The smallest absolute Gasteiger partial charge is 0.137 e. The van der Waals surface area contributed by atoms with Crippen molar-refractivity contribution in [2.45, 2.75) is 19.8 Å². The normalized spacial score (nSPS) is 8.14. The first kappa shape index (κ1) is 6.76. The van der Waals surface area contributed by atoms with Crippen LogP contribution in [-0.4, -0.2) is 11.2 Å². The minimum Gasteiger partial charge on any atom is -0.299 e. The van der Waals surface area contributed by atoms with Crippen molar-refractivity contribution in [3.8, 4) is 0 Å². The van der Waals surface area contributed by atoms with Crippen molar-refractivity contribution in [2.75, 3.05) is 0 Å². The number of rotatable bonds is 3. The lowest BCUT2D eigenvalue weighted by atomic mass is 10.2. The summed E-state index contributed by atoms with van der Waals surface area (Å²) in [6, 6.07) is 0. The Kier molecular flexibility index (Phi) is 3.80. The van der Waals surface area contributed by atoms with Crippen LogP contribution in [0.25, 0.3) is 0 Å². The van der Waals surface area contributed by atoms with Crippen LogP contribution in [-0.2, 0) is 4.79 Å². The Morgan fingerprint density at radius 2 is 2.43 bits per heavy atom. The molecule has 0 aromatic rings. The van der Waals surface area contributed by atoms with Crippen molar-refractivity contribution >= 4 is 23.4 Å². The summed E-state index contributed by atoms with van der Waals surface area (Å²) < 4.78 is 0. The van der Waals surface area contributed by atoms with Crippen LogP contribution in [0.4, 0.5) is 0 Å². The van der Waals surface area contributed by atoms with Gasteiger partial charge in [-0.2, -0.15) is 0 Å². The molecule has 39 valence electrons. The van der Waals surface area contributed by atoms with E-state index in [0.717, 1.165) is 0 Å². The number of thiocarbonyl (C=S) groups is 1. The molecule has 0 aromatic heterocycles. The average molecular weight is 115 g/mol. The second kappa shape index (κ2) is 3.93. The second-order valence-corrected chi connectivity index (χ2v) is 1.50. The van der Waals surface area contributed by atoms with E-state index in [9.17, 15) is 4.79 Å². The van der Waals surface area contributed by atoms with E-state index < -0.39 is 0 Å². The van der Waals surface area contributed by atoms with Gasteiger partial charge in [-0.15, -0.1) is 0 Å². The zero-order valence-corrected chi connectivity index (χ0v) is 5.05. The van der Waals surface area contributed by atoms with Crippen molar-refractivity contribution in [2.24, 2.45) is 0 Å². The van der Waals surface area contributed by atoms with Gasteiger partial charge in [0.15, 0.2) is 0 Å². The van der Waals surface area contributed by atoms with Gasteiger partial charge in [-0.05, 0) is 0 Å². The van der Waals surface area contributed by atoms with Crippen LogP contribution in [0.5, 0.6) is 0 Å². The van der Waals surface area contributed by atoms with Crippen molar-refractivity contribution in [1.82, 2.24) is 0 Å². The van der Waals surface area contributed by atoms with E-state index in [4.69, 9.17) is 0 Å². The van der Waals surface area contributed by atoms with Gasteiger partial charge in [0, 0.05) is 18.2 Å². The van der Waals surface area contributed by atoms with Crippen LogP contribution < -0.4 is 0 Å². The molecule has 1 nitrogen and oxygen atoms in total. The highest BCUT2D eigenvalue weighted by Gasteiger charge is 1.90. The lowest BCUT2D eigenvalue weighted by Gasteiger charge is -1.81. The van der Waals surface area contributed by atoms with E-state index in [0.29, 0.717) is 12.8 Å². The molecule has 1 radical (unpaired) electrons. The number of carbonyl (C=O) groups excluding carboxylic acids is 1. The monoisotopic (exact) mass is 115 g/mol. The number of carbonyl (C=O) groups is 1. The van der Waals surface area contributed by atoms with Gasteiger partial charge in [0.05, 0.1) is 0 Å². The molecule has 0 rings (SSSR count). The molecule has 0 N–H and O–H groups in total. The van der Waals surface area contributed by atoms with E-state index in [-0.39, 0.29) is 5.78 Å². The summed E-state index contributed by atoms with van der Waals surface area (Å²) >= 11 is 4.32. The van der Waals surface area contributed by atoms with Crippen LogP contribution in [0.3, 0.4) is 0 Å². The Bertz CT molecular complexity index is 78.1. The topological polar surface area (TPSA) is 17.1 Å².